The van der Waals surface area contributed by atoms with E-state index >= 15 is 0 Å². The molecular formula is C64H36S. The molecule has 15 aromatic rings. The zero-order chi connectivity index (χ0) is 42.3. The van der Waals surface area contributed by atoms with E-state index < -0.39 is 0 Å². The van der Waals surface area contributed by atoms with Gasteiger partial charge in [-0.3, -0.25) is 0 Å². The predicted molar refractivity (Wildman–Crippen MR) is 283 cm³/mol. The van der Waals surface area contributed by atoms with Gasteiger partial charge in [-0.05, 0) is 167 Å². The Labute approximate surface area is 378 Å². The number of thiophene rings is 1. The third kappa shape index (κ3) is 4.91. The fourth-order valence-electron chi connectivity index (χ4n) is 11.8. The van der Waals surface area contributed by atoms with Crippen LogP contribution in [-0.2, 0) is 0 Å². The molecular weight excluding hydrogens is 801 g/mol. The van der Waals surface area contributed by atoms with Gasteiger partial charge in [-0.2, -0.15) is 0 Å². The van der Waals surface area contributed by atoms with Crippen LogP contribution in [0.25, 0.3) is 151 Å². The number of hydrogen-bond donors (Lipinski definition) is 0. The van der Waals surface area contributed by atoms with Crippen LogP contribution >= 0.6 is 11.3 Å². The normalized spacial score (nSPS) is 12.3. The van der Waals surface area contributed by atoms with Crippen LogP contribution < -0.4 is 0 Å². The van der Waals surface area contributed by atoms with Crippen molar-refractivity contribution < 1.29 is 0 Å². The fraction of sp³-hybridized carbons (Fsp3) is 0. The minimum Gasteiger partial charge on any atom is -0.135 e. The predicted octanol–water partition coefficient (Wildman–Crippen LogP) is 18.8. The van der Waals surface area contributed by atoms with Gasteiger partial charge in [-0.15, -0.1) is 11.3 Å². The van der Waals surface area contributed by atoms with E-state index in [-0.39, 0.29) is 0 Å². The summed E-state index contributed by atoms with van der Waals surface area (Å²) in [6, 6.07) is 82.2. The first kappa shape index (κ1) is 35.4. The molecule has 298 valence electrons. The Kier molecular flexibility index (Phi) is 7.19. The molecule has 0 unspecified atom stereocenters. The molecule has 65 heavy (non-hydrogen) atoms. The lowest BCUT2D eigenvalue weighted by Crippen LogP contribution is -1.91. The van der Waals surface area contributed by atoms with Gasteiger partial charge in [0.1, 0.15) is 0 Å². The maximum Gasteiger partial charge on any atom is 0.0355 e. The molecule has 0 saturated heterocycles. The van der Waals surface area contributed by atoms with E-state index in [0.29, 0.717) is 0 Å². The smallest absolute Gasteiger partial charge is 0.0355 e. The molecule has 0 aliphatic rings. The number of benzene rings is 12. The van der Waals surface area contributed by atoms with E-state index in [0.717, 1.165) is 0 Å². The van der Waals surface area contributed by atoms with Gasteiger partial charge in [-0.25, -0.2) is 0 Å². The molecule has 0 amide bonds. The van der Waals surface area contributed by atoms with Gasteiger partial charge >= 0.3 is 0 Å². The monoisotopic (exact) mass is 836 g/mol. The Hall–Kier alpha value is -8.10. The third-order valence-electron chi connectivity index (χ3n) is 14.5. The average molecular weight is 837 g/mol. The van der Waals surface area contributed by atoms with Crippen molar-refractivity contribution in [2.45, 2.75) is 0 Å². The van der Waals surface area contributed by atoms with Crippen molar-refractivity contribution in [3.63, 3.8) is 0 Å². The molecule has 0 aliphatic heterocycles. The summed E-state index contributed by atoms with van der Waals surface area (Å²) in [5.74, 6) is 0. The van der Waals surface area contributed by atoms with Gasteiger partial charge in [0.25, 0.3) is 0 Å². The lowest BCUT2D eigenvalue weighted by molar-refractivity contribution is 1.67. The van der Waals surface area contributed by atoms with Gasteiger partial charge in [0.2, 0.25) is 0 Å². The zero-order valence-electron chi connectivity index (χ0n) is 35.2. The van der Waals surface area contributed by atoms with E-state index in [9.17, 15) is 0 Å². The molecule has 0 spiro atoms. The van der Waals surface area contributed by atoms with Crippen molar-refractivity contribution in [2.75, 3.05) is 0 Å². The maximum absolute atomic E-state index is 2.53. The summed E-state index contributed by atoms with van der Waals surface area (Å²) < 4.78 is 2.68. The lowest BCUT2D eigenvalue weighted by atomic mass is 9.84. The van der Waals surface area contributed by atoms with Crippen molar-refractivity contribution in [3.05, 3.63) is 218 Å². The maximum atomic E-state index is 2.53. The van der Waals surface area contributed by atoms with E-state index in [1.807, 2.05) is 11.3 Å². The first-order valence-corrected chi connectivity index (χ1v) is 23.4. The minimum absolute atomic E-state index is 1.23. The zero-order valence-corrected chi connectivity index (χ0v) is 36.0. The molecule has 1 heterocycles. The molecule has 1 heteroatoms. The second-order valence-electron chi connectivity index (χ2n) is 17.8. The van der Waals surface area contributed by atoms with Gasteiger partial charge in [0.15, 0.2) is 0 Å². The molecule has 0 bridgehead atoms. The molecule has 0 atom stereocenters. The Morgan fingerprint density at radius 1 is 0.215 bits per heavy atom. The van der Waals surface area contributed by atoms with Crippen LogP contribution in [0.15, 0.2) is 218 Å². The van der Waals surface area contributed by atoms with E-state index in [2.05, 4.69) is 218 Å². The van der Waals surface area contributed by atoms with Crippen molar-refractivity contribution >= 4 is 118 Å². The van der Waals surface area contributed by atoms with E-state index in [1.54, 1.807) is 0 Å². The first-order chi connectivity index (χ1) is 32.2. The highest BCUT2D eigenvalue weighted by Gasteiger charge is 2.27. The van der Waals surface area contributed by atoms with Crippen LogP contribution in [0.2, 0.25) is 0 Å². The summed E-state index contributed by atoms with van der Waals surface area (Å²) in [7, 11) is 0. The van der Waals surface area contributed by atoms with Gasteiger partial charge in [-0.1, -0.05) is 182 Å². The van der Waals surface area contributed by atoms with E-state index in [1.165, 1.54) is 151 Å². The van der Waals surface area contributed by atoms with Crippen molar-refractivity contribution in [3.8, 4) is 44.5 Å². The van der Waals surface area contributed by atoms with Gasteiger partial charge < -0.3 is 0 Å². The highest BCUT2D eigenvalue weighted by molar-refractivity contribution is 7.25. The molecule has 14 aromatic carbocycles. The van der Waals surface area contributed by atoms with E-state index in [4.69, 9.17) is 0 Å². The van der Waals surface area contributed by atoms with Crippen LogP contribution in [0.3, 0.4) is 0 Å². The quantitative estimate of drug-likeness (QED) is 0.155. The molecule has 0 nitrogen and oxygen atoms in total. The second-order valence-corrected chi connectivity index (χ2v) is 18.9. The molecule has 1 aromatic heterocycles. The van der Waals surface area contributed by atoms with Gasteiger partial charge in [0, 0.05) is 20.2 Å². The van der Waals surface area contributed by atoms with Crippen LogP contribution in [-0.4, -0.2) is 0 Å². The summed E-state index contributed by atoms with van der Waals surface area (Å²) >= 11 is 1.87. The molecule has 0 aliphatic carbocycles. The third-order valence-corrected chi connectivity index (χ3v) is 15.7. The SMILES string of the molecule is c1ccc(-c2c3cc4c5ccccc5c5cccc(c3c(-c3ccccc3)c3c6cccc7c(-c8ccc9cc(-c%10ccc%11sc%12ccccc%12c%11c%10)ccc9c8)ccc(c23)c76)c54)cc1. The standard InChI is InChI=1S/C64H36S/c1-3-13-37(14-4-1)58-55-36-54-46-18-8-7-17-45(46)49-21-12-22-50(61(49)54)62(55)59(38-15-5-2-6-16-38)64-51-23-11-20-48-44(30-31-52(60(48)51)63(58)64)43-28-27-39-33-40(25-26-41(39)34-43)42-29-32-57-53(35-42)47-19-9-10-24-56(47)65-57/h1-36H. The van der Waals surface area contributed by atoms with Crippen LogP contribution in [0.5, 0.6) is 0 Å². The number of hydrogen-bond acceptors (Lipinski definition) is 1. The Balaban J connectivity index is 1.00. The van der Waals surface area contributed by atoms with Crippen LogP contribution in [0.4, 0.5) is 0 Å². The molecule has 0 radical (unpaired) electrons. The summed E-state index contributed by atoms with van der Waals surface area (Å²) in [6.07, 6.45) is 0. The fourth-order valence-corrected chi connectivity index (χ4v) is 12.8. The highest BCUT2D eigenvalue weighted by atomic mass is 32.1. The van der Waals surface area contributed by atoms with Crippen molar-refractivity contribution in [1.29, 1.82) is 0 Å². The molecule has 0 saturated carbocycles. The lowest BCUT2D eigenvalue weighted by Gasteiger charge is -2.19. The topological polar surface area (TPSA) is 0 Å². The molecule has 0 N–H and O–H groups in total. The Bertz CT molecular complexity index is 4440. The summed E-state index contributed by atoms with van der Waals surface area (Å²) in [6.45, 7) is 0. The van der Waals surface area contributed by atoms with Crippen LogP contribution in [0.1, 0.15) is 0 Å². The van der Waals surface area contributed by atoms with Crippen LogP contribution in [0, 0.1) is 0 Å². The van der Waals surface area contributed by atoms with Gasteiger partial charge in [0.05, 0.1) is 0 Å². The largest absolute Gasteiger partial charge is 0.135 e. The summed E-state index contributed by atoms with van der Waals surface area (Å²) in [5, 5.41) is 23.6. The average Bonchev–Trinajstić information content (AvgIpc) is 4.02. The minimum atomic E-state index is 1.23. The van der Waals surface area contributed by atoms with Crippen molar-refractivity contribution in [2.24, 2.45) is 0 Å². The molecule has 0 fully saturated rings. The Morgan fingerprint density at radius 2 is 0.738 bits per heavy atom. The van der Waals surface area contributed by atoms with Crippen molar-refractivity contribution in [1.82, 2.24) is 0 Å². The molecule has 15 rings (SSSR count). The summed E-state index contributed by atoms with van der Waals surface area (Å²) in [4.78, 5) is 0. The number of rotatable bonds is 4. The number of fused-ring (bicyclic) bond motifs is 12. The summed E-state index contributed by atoms with van der Waals surface area (Å²) in [5.41, 5.74) is 10.1. The highest BCUT2D eigenvalue weighted by Crippen LogP contribution is 2.55. The Morgan fingerprint density at radius 3 is 1.52 bits per heavy atom. The second kappa shape index (κ2) is 13.2. The first-order valence-electron chi connectivity index (χ1n) is 22.6.